The van der Waals surface area contributed by atoms with Crippen molar-refractivity contribution in [2.24, 2.45) is 11.8 Å². The van der Waals surface area contributed by atoms with Gasteiger partial charge in [-0.1, -0.05) is 53.4 Å². The smallest absolute Gasteiger partial charge is 0.0445 e. The van der Waals surface area contributed by atoms with Gasteiger partial charge in [-0.25, -0.2) is 0 Å². The van der Waals surface area contributed by atoms with Gasteiger partial charge in [-0.15, -0.1) is 0 Å². The van der Waals surface area contributed by atoms with Crippen molar-refractivity contribution in [1.82, 2.24) is 0 Å². The van der Waals surface area contributed by atoms with E-state index >= 15 is 0 Å². The maximum Gasteiger partial charge on any atom is -0.0445 e. The highest BCUT2D eigenvalue weighted by molar-refractivity contribution is 4.54. The third kappa shape index (κ3) is 4.84. The first kappa shape index (κ1) is 10.0. The fourth-order valence-electron chi connectivity index (χ4n) is 0.977. The SMILES string of the molecule is CCC(C)CCC(C)CC. The van der Waals surface area contributed by atoms with Crippen LogP contribution in [0, 0.1) is 11.8 Å². The molecule has 2 unspecified atom stereocenters. The molecular formula is C10H22. The summed E-state index contributed by atoms with van der Waals surface area (Å²) in [7, 11) is 0. The molecule has 2 atom stereocenters. The van der Waals surface area contributed by atoms with Gasteiger partial charge in [0.15, 0.2) is 0 Å². The van der Waals surface area contributed by atoms with E-state index in [1.165, 1.54) is 25.7 Å². The third-order valence-electron chi connectivity index (χ3n) is 2.55. The summed E-state index contributed by atoms with van der Waals surface area (Å²) in [5.74, 6) is 1.88. The van der Waals surface area contributed by atoms with Crippen molar-refractivity contribution >= 4 is 0 Å². The Kier molecular flexibility index (Phi) is 5.76. The summed E-state index contributed by atoms with van der Waals surface area (Å²) in [5.41, 5.74) is 0. The molecule has 0 heterocycles. The highest BCUT2D eigenvalue weighted by Gasteiger charge is 2.02. The second kappa shape index (κ2) is 5.76. The Bertz CT molecular complexity index is 56.4. The van der Waals surface area contributed by atoms with E-state index in [9.17, 15) is 0 Å². The van der Waals surface area contributed by atoms with Crippen LogP contribution in [0.3, 0.4) is 0 Å². The fourth-order valence-corrected chi connectivity index (χ4v) is 0.977. The highest BCUT2D eigenvalue weighted by Crippen LogP contribution is 2.16. The molecule has 0 nitrogen and oxygen atoms in total. The van der Waals surface area contributed by atoms with Gasteiger partial charge in [0.1, 0.15) is 0 Å². The van der Waals surface area contributed by atoms with E-state index in [2.05, 4.69) is 27.7 Å². The summed E-state index contributed by atoms with van der Waals surface area (Å²) >= 11 is 0. The monoisotopic (exact) mass is 142 g/mol. The second-order valence-corrected chi connectivity index (χ2v) is 3.60. The first-order valence-electron chi connectivity index (χ1n) is 4.70. The predicted molar refractivity (Wildman–Crippen MR) is 48.1 cm³/mol. The van der Waals surface area contributed by atoms with Crippen molar-refractivity contribution in [2.45, 2.75) is 53.4 Å². The van der Waals surface area contributed by atoms with Crippen molar-refractivity contribution in [3.63, 3.8) is 0 Å². The van der Waals surface area contributed by atoms with E-state index < -0.39 is 0 Å². The Morgan fingerprint density at radius 1 is 0.800 bits per heavy atom. The molecule has 0 bridgehead atoms. The summed E-state index contributed by atoms with van der Waals surface area (Å²) in [6.45, 7) is 9.26. The molecule has 0 aliphatic rings. The van der Waals surface area contributed by atoms with E-state index in [0.717, 1.165) is 11.8 Å². The quantitative estimate of drug-likeness (QED) is 0.547. The Hall–Kier alpha value is 0. The normalized spacial score (nSPS) is 16.8. The van der Waals surface area contributed by atoms with Gasteiger partial charge < -0.3 is 0 Å². The van der Waals surface area contributed by atoms with Crippen molar-refractivity contribution < 1.29 is 0 Å². The minimum Gasteiger partial charge on any atom is -0.0651 e. The molecule has 0 heteroatoms. The molecule has 0 saturated carbocycles. The van der Waals surface area contributed by atoms with Crippen LogP contribution >= 0.6 is 0 Å². The molecule has 0 aromatic rings. The molecule has 0 radical (unpaired) electrons. The van der Waals surface area contributed by atoms with E-state index in [0.29, 0.717) is 0 Å². The van der Waals surface area contributed by atoms with Gasteiger partial charge in [0.05, 0.1) is 0 Å². The first-order valence-corrected chi connectivity index (χ1v) is 4.70. The molecule has 0 N–H and O–H groups in total. The van der Waals surface area contributed by atoms with Crippen molar-refractivity contribution in [3.05, 3.63) is 0 Å². The summed E-state index contributed by atoms with van der Waals surface area (Å²) in [4.78, 5) is 0. The summed E-state index contributed by atoms with van der Waals surface area (Å²) in [6.07, 6.45) is 5.53. The highest BCUT2D eigenvalue weighted by atomic mass is 14.1. The zero-order valence-electron chi connectivity index (χ0n) is 7.98. The van der Waals surface area contributed by atoms with Crippen LogP contribution in [-0.2, 0) is 0 Å². The lowest BCUT2D eigenvalue weighted by atomic mass is 9.95. The van der Waals surface area contributed by atoms with Crippen molar-refractivity contribution in [2.75, 3.05) is 0 Å². The molecular weight excluding hydrogens is 120 g/mol. The molecule has 0 aromatic heterocycles. The molecule has 0 aliphatic heterocycles. The Balaban J connectivity index is 3.17. The van der Waals surface area contributed by atoms with Gasteiger partial charge in [0.2, 0.25) is 0 Å². The van der Waals surface area contributed by atoms with Crippen molar-refractivity contribution in [1.29, 1.82) is 0 Å². The molecule has 0 rings (SSSR count). The lowest BCUT2D eigenvalue weighted by molar-refractivity contribution is 0.415. The summed E-state index contributed by atoms with van der Waals surface area (Å²) < 4.78 is 0. The van der Waals surface area contributed by atoms with Crippen LogP contribution in [-0.4, -0.2) is 0 Å². The molecule has 10 heavy (non-hydrogen) atoms. The van der Waals surface area contributed by atoms with E-state index in [-0.39, 0.29) is 0 Å². The Morgan fingerprint density at radius 3 is 1.30 bits per heavy atom. The van der Waals surface area contributed by atoms with Gasteiger partial charge in [-0.3, -0.25) is 0 Å². The summed E-state index contributed by atoms with van der Waals surface area (Å²) in [6, 6.07) is 0. The van der Waals surface area contributed by atoms with Crippen LogP contribution in [0.1, 0.15) is 53.4 Å². The molecule has 0 saturated heterocycles. The zero-order valence-corrected chi connectivity index (χ0v) is 7.98. The minimum absolute atomic E-state index is 0.939. The van der Waals surface area contributed by atoms with Crippen LogP contribution < -0.4 is 0 Å². The zero-order chi connectivity index (χ0) is 7.98. The standard InChI is InChI=1S/C10H22/c1-5-9(3)7-8-10(4)6-2/h9-10H,5-8H2,1-4H3. The fraction of sp³-hybridized carbons (Fsp3) is 1.00. The van der Waals surface area contributed by atoms with Crippen LogP contribution in [0.15, 0.2) is 0 Å². The van der Waals surface area contributed by atoms with Gasteiger partial charge in [-0.2, -0.15) is 0 Å². The maximum atomic E-state index is 2.35. The van der Waals surface area contributed by atoms with Gasteiger partial charge in [0.25, 0.3) is 0 Å². The van der Waals surface area contributed by atoms with E-state index in [1.807, 2.05) is 0 Å². The third-order valence-corrected chi connectivity index (χ3v) is 2.55. The summed E-state index contributed by atoms with van der Waals surface area (Å²) in [5, 5.41) is 0. The Labute approximate surface area is 66.0 Å². The largest absolute Gasteiger partial charge is 0.0651 e. The predicted octanol–water partition coefficient (Wildman–Crippen LogP) is 3.86. The van der Waals surface area contributed by atoms with Gasteiger partial charge in [0, 0.05) is 0 Å². The average Bonchev–Trinajstić information content (AvgIpc) is 1.99. The van der Waals surface area contributed by atoms with Crippen molar-refractivity contribution in [3.8, 4) is 0 Å². The lowest BCUT2D eigenvalue weighted by Crippen LogP contribution is -1.97. The van der Waals surface area contributed by atoms with E-state index in [4.69, 9.17) is 0 Å². The van der Waals surface area contributed by atoms with Gasteiger partial charge in [-0.05, 0) is 11.8 Å². The topological polar surface area (TPSA) is 0 Å². The average molecular weight is 142 g/mol. The molecule has 0 aromatic carbocycles. The van der Waals surface area contributed by atoms with Crippen LogP contribution in [0.5, 0.6) is 0 Å². The molecule has 0 spiro atoms. The second-order valence-electron chi connectivity index (χ2n) is 3.60. The molecule has 0 amide bonds. The lowest BCUT2D eigenvalue weighted by Gasteiger charge is -2.11. The number of hydrogen-bond acceptors (Lipinski definition) is 0. The number of hydrogen-bond donors (Lipinski definition) is 0. The molecule has 0 fully saturated rings. The number of rotatable bonds is 5. The maximum absolute atomic E-state index is 2.35. The molecule has 0 aliphatic carbocycles. The molecule has 62 valence electrons. The first-order chi connectivity index (χ1) is 4.70. The minimum atomic E-state index is 0.939. The van der Waals surface area contributed by atoms with Gasteiger partial charge >= 0.3 is 0 Å². The van der Waals surface area contributed by atoms with Crippen LogP contribution in [0.4, 0.5) is 0 Å². The Morgan fingerprint density at radius 2 is 1.10 bits per heavy atom. The van der Waals surface area contributed by atoms with Crippen LogP contribution in [0.2, 0.25) is 0 Å². The van der Waals surface area contributed by atoms with E-state index in [1.54, 1.807) is 0 Å². The van der Waals surface area contributed by atoms with Crippen LogP contribution in [0.25, 0.3) is 0 Å².